The fourth-order valence-corrected chi connectivity index (χ4v) is 4.47. The number of aliphatic hydroxyl groups excluding tert-OH is 1. The lowest BCUT2D eigenvalue weighted by atomic mass is 10.0. The van der Waals surface area contributed by atoms with E-state index in [1.807, 2.05) is 29.5 Å². The van der Waals surface area contributed by atoms with Gasteiger partial charge in [0, 0.05) is 35.0 Å². The first-order chi connectivity index (χ1) is 12.7. The van der Waals surface area contributed by atoms with Crippen molar-refractivity contribution in [3.05, 3.63) is 57.8 Å². The van der Waals surface area contributed by atoms with Crippen molar-refractivity contribution >= 4 is 17.2 Å². The van der Waals surface area contributed by atoms with Gasteiger partial charge in [0.25, 0.3) is 5.91 Å². The van der Waals surface area contributed by atoms with Crippen LogP contribution >= 0.6 is 11.3 Å². The van der Waals surface area contributed by atoms with Crippen molar-refractivity contribution in [1.82, 2.24) is 10.2 Å². The number of rotatable bonds is 7. The number of piperidine rings is 1. The number of β-amino-alcohol motifs (C(OH)–C–C–N with tert-alkyl or cyclic N) is 1. The Balaban J connectivity index is 1.49. The zero-order valence-corrected chi connectivity index (χ0v) is 16.2. The number of nitrogens with one attached hydrogen (secondary N) is 1. The molecule has 1 saturated heterocycles. The van der Waals surface area contributed by atoms with Crippen LogP contribution in [0.15, 0.2) is 42.5 Å². The average Bonchev–Trinajstić information content (AvgIpc) is 3.10. The van der Waals surface area contributed by atoms with E-state index in [0.29, 0.717) is 12.1 Å². The summed E-state index contributed by atoms with van der Waals surface area (Å²) < 4.78 is 0. The van der Waals surface area contributed by atoms with Gasteiger partial charge in [-0.2, -0.15) is 0 Å². The predicted octanol–water partition coefficient (Wildman–Crippen LogP) is 3.46. The van der Waals surface area contributed by atoms with Crippen LogP contribution in [0.25, 0.3) is 0 Å². The Kier molecular flexibility index (Phi) is 6.83. The molecular formula is C21H28N2O2S. The molecule has 2 N–H and O–H groups in total. The zero-order valence-electron chi connectivity index (χ0n) is 15.4. The molecule has 140 valence electrons. The Morgan fingerprint density at radius 1 is 1.23 bits per heavy atom. The first-order valence-electron chi connectivity index (χ1n) is 9.49. The van der Waals surface area contributed by atoms with Gasteiger partial charge < -0.3 is 10.4 Å². The van der Waals surface area contributed by atoms with Gasteiger partial charge in [0.15, 0.2) is 0 Å². The van der Waals surface area contributed by atoms with Crippen LogP contribution in [0, 0.1) is 0 Å². The summed E-state index contributed by atoms with van der Waals surface area (Å²) in [6.07, 6.45) is 3.87. The summed E-state index contributed by atoms with van der Waals surface area (Å²) in [4.78, 5) is 17.4. The van der Waals surface area contributed by atoms with Gasteiger partial charge in [-0.15, -0.1) is 11.3 Å². The number of thiophene rings is 1. The SMILES string of the molecule is CCCCc1ccc(CN2CC[C@@H](NC(=O)c3ccccc3)[C@H](O)C2)s1. The number of aliphatic hydroxyl groups is 1. The third kappa shape index (κ3) is 5.16. The van der Waals surface area contributed by atoms with E-state index in [0.717, 1.165) is 25.9 Å². The molecule has 0 spiro atoms. The highest BCUT2D eigenvalue weighted by Gasteiger charge is 2.29. The predicted molar refractivity (Wildman–Crippen MR) is 107 cm³/mol. The first-order valence-corrected chi connectivity index (χ1v) is 10.3. The Morgan fingerprint density at radius 2 is 2.00 bits per heavy atom. The minimum Gasteiger partial charge on any atom is -0.390 e. The van der Waals surface area contributed by atoms with E-state index in [-0.39, 0.29) is 11.9 Å². The normalized spacial score (nSPS) is 20.8. The largest absolute Gasteiger partial charge is 0.390 e. The lowest BCUT2D eigenvalue weighted by Gasteiger charge is -2.36. The Morgan fingerprint density at radius 3 is 2.73 bits per heavy atom. The van der Waals surface area contributed by atoms with Crippen molar-refractivity contribution in [1.29, 1.82) is 0 Å². The molecule has 1 fully saturated rings. The number of benzene rings is 1. The molecule has 5 heteroatoms. The molecule has 1 aromatic carbocycles. The van der Waals surface area contributed by atoms with E-state index in [1.54, 1.807) is 12.1 Å². The molecule has 2 aromatic rings. The molecule has 1 amide bonds. The number of aryl methyl sites for hydroxylation is 1. The van der Waals surface area contributed by atoms with Gasteiger partial charge in [-0.3, -0.25) is 9.69 Å². The van der Waals surface area contributed by atoms with Crippen molar-refractivity contribution < 1.29 is 9.90 Å². The molecule has 1 aliphatic rings. The fourth-order valence-electron chi connectivity index (χ4n) is 3.36. The second-order valence-electron chi connectivity index (χ2n) is 7.01. The number of nitrogens with zero attached hydrogens (tertiary/aromatic N) is 1. The molecule has 0 saturated carbocycles. The van der Waals surface area contributed by atoms with Crippen molar-refractivity contribution in [2.45, 2.75) is 51.3 Å². The minimum absolute atomic E-state index is 0.109. The van der Waals surface area contributed by atoms with Crippen LogP contribution in [0.4, 0.5) is 0 Å². The molecule has 4 nitrogen and oxygen atoms in total. The van der Waals surface area contributed by atoms with Crippen LogP contribution in [0.2, 0.25) is 0 Å². The smallest absolute Gasteiger partial charge is 0.251 e. The highest BCUT2D eigenvalue weighted by atomic mass is 32.1. The summed E-state index contributed by atoms with van der Waals surface area (Å²) in [5.41, 5.74) is 0.639. The number of hydrogen-bond donors (Lipinski definition) is 2. The third-order valence-corrected chi connectivity index (χ3v) is 6.02. The lowest BCUT2D eigenvalue weighted by molar-refractivity contribution is 0.0353. The molecular weight excluding hydrogens is 344 g/mol. The quantitative estimate of drug-likeness (QED) is 0.783. The summed E-state index contributed by atoms with van der Waals surface area (Å²) in [5.74, 6) is -0.109. The maximum Gasteiger partial charge on any atom is 0.251 e. The summed E-state index contributed by atoms with van der Waals surface area (Å²) in [6.45, 7) is 4.59. The molecule has 0 aliphatic carbocycles. The minimum atomic E-state index is -0.532. The van der Waals surface area contributed by atoms with Crippen LogP contribution in [-0.2, 0) is 13.0 Å². The number of amides is 1. The summed E-state index contributed by atoms with van der Waals surface area (Å²) >= 11 is 1.88. The molecule has 1 aliphatic heterocycles. The summed E-state index contributed by atoms with van der Waals surface area (Å²) in [5, 5.41) is 13.5. The molecule has 0 radical (unpaired) electrons. The van der Waals surface area contributed by atoms with Gasteiger partial charge in [0.05, 0.1) is 12.1 Å². The van der Waals surface area contributed by atoms with Crippen molar-refractivity contribution in [2.75, 3.05) is 13.1 Å². The number of carbonyl (C=O) groups excluding carboxylic acids is 1. The van der Waals surface area contributed by atoms with Gasteiger partial charge in [-0.1, -0.05) is 31.5 Å². The number of hydrogen-bond acceptors (Lipinski definition) is 4. The Bertz CT molecular complexity index is 701. The van der Waals surface area contributed by atoms with E-state index >= 15 is 0 Å². The highest BCUT2D eigenvalue weighted by molar-refractivity contribution is 7.11. The Hall–Kier alpha value is -1.69. The lowest BCUT2D eigenvalue weighted by Crippen LogP contribution is -2.53. The molecule has 26 heavy (non-hydrogen) atoms. The van der Waals surface area contributed by atoms with Crippen molar-refractivity contribution in [3.8, 4) is 0 Å². The Labute approximate surface area is 159 Å². The molecule has 2 atom stereocenters. The molecule has 0 bridgehead atoms. The maximum absolute atomic E-state index is 12.3. The van der Waals surface area contributed by atoms with E-state index in [9.17, 15) is 9.90 Å². The molecule has 2 heterocycles. The number of unbranched alkanes of at least 4 members (excludes halogenated alkanes) is 1. The van der Waals surface area contributed by atoms with Gasteiger partial charge in [0.2, 0.25) is 0 Å². The van der Waals surface area contributed by atoms with Crippen molar-refractivity contribution in [3.63, 3.8) is 0 Å². The standard InChI is InChI=1S/C21H28N2O2S/c1-2-3-9-17-10-11-18(26-17)14-23-13-12-19(20(24)15-23)22-21(25)16-7-5-4-6-8-16/h4-8,10-11,19-20,24H,2-3,9,12-15H2,1H3,(H,22,25)/t19-,20-/m1/s1. The maximum atomic E-state index is 12.3. The van der Waals surface area contributed by atoms with Gasteiger partial charge >= 0.3 is 0 Å². The zero-order chi connectivity index (χ0) is 18.4. The van der Waals surface area contributed by atoms with Crippen LogP contribution < -0.4 is 5.32 Å². The van der Waals surface area contributed by atoms with Gasteiger partial charge in [-0.05, 0) is 43.5 Å². The van der Waals surface area contributed by atoms with E-state index in [1.165, 1.54) is 22.6 Å². The summed E-state index contributed by atoms with van der Waals surface area (Å²) in [7, 11) is 0. The summed E-state index contributed by atoms with van der Waals surface area (Å²) in [6, 6.07) is 13.5. The third-order valence-electron chi connectivity index (χ3n) is 4.89. The first kappa shape index (κ1) is 19.1. The molecule has 3 rings (SSSR count). The van der Waals surface area contributed by atoms with Crippen LogP contribution in [-0.4, -0.2) is 41.1 Å². The highest BCUT2D eigenvalue weighted by Crippen LogP contribution is 2.22. The number of carbonyl (C=O) groups is 1. The molecule has 0 unspecified atom stereocenters. The van der Waals surface area contributed by atoms with Crippen LogP contribution in [0.5, 0.6) is 0 Å². The van der Waals surface area contributed by atoms with Gasteiger partial charge in [-0.25, -0.2) is 0 Å². The second-order valence-corrected chi connectivity index (χ2v) is 8.26. The monoisotopic (exact) mass is 372 g/mol. The van der Waals surface area contributed by atoms with E-state index in [2.05, 4.69) is 29.3 Å². The molecule has 1 aromatic heterocycles. The van der Waals surface area contributed by atoms with E-state index < -0.39 is 6.10 Å². The van der Waals surface area contributed by atoms with Crippen LogP contribution in [0.1, 0.15) is 46.3 Å². The van der Waals surface area contributed by atoms with Crippen LogP contribution in [0.3, 0.4) is 0 Å². The van der Waals surface area contributed by atoms with Crippen molar-refractivity contribution in [2.24, 2.45) is 0 Å². The second kappa shape index (κ2) is 9.31. The van der Waals surface area contributed by atoms with E-state index in [4.69, 9.17) is 0 Å². The van der Waals surface area contributed by atoms with Gasteiger partial charge in [0.1, 0.15) is 0 Å². The fraction of sp³-hybridized carbons (Fsp3) is 0.476. The average molecular weight is 373 g/mol. The topological polar surface area (TPSA) is 52.6 Å². The number of likely N-dealkylation sites (tertiary alicyclic amines) is 1.